The van der Waals surface area contributed by atoms with Gasteiger partial charge in [0.25, 0.3) is 0 Å². The summed E-state index contributed by atoms with van der Waals surface area (Å²) in [5.74, 6) is -0.407. The summed E-state index contributed by atoms with van der Waals surface area (Å²) in [6.07, 6.45) is 1.49. The van der Waals surface area contributed by atoms with Crippen LogP contribution in [-0.2, 0) is 16.4 Å². The van der Waals surface area contributed by atoms with Crippen LogP contribution in [0.15, 0.2) is 47.4 Å². The number of hydrogen-bond acceptors (Lipinski definition) is 3. The van der Waals surface area contributed by atoms with Gasteiger partial charge in [-0.1, -0.05) is 12.1 Å². The molecule has 2 aromatic carbocycles. The van der Waals surface area contributed by atoms with Gasteiger partial charge in [-0.05, 0) is 61.2 Å². The Bertz CT molecular complexity index is 787. The van der Waals surface area contributed by atoms with E-state index in [1.165, 1.54) is 18.2 Å². The molecule has 0 aliphatic heterocycles. The quantitative estimate of drug-likeness (QED) is 0.781. The highest BCUT2D eigenvalue weighted by molar-refractivity contribution is 7.89. The van der Waals surface area contributed by atoms with Gasteiger partial charge in [0.2, 0.25) is 10.0 Å². The van der Waals surface area contributed by atoms with Gasteiger partial charge in [0, 0.05) is 26.3 Å². The zero-order chi connectivity index (χ0) is 17.7. The summed E-state index contributed by atoms with van der Waals surface area (Å²) in [4.78, 5) is 2.12. The molecule has 0 heterocycles. The second-order valence-corrected chi connectivity index (χ2v) is 7.74. The Morgan fingerprint density at radius 1 is 1.08 bits per heavy atom. The van der Waals surface area contributed by atoms with Crippen molar-refractivity contribution in [2.24, 2.45) is 0 Å². The van der Waals surface area contributed by atoms with Gasteiger partial charge < -0.3 is 4.90 Å². The lowest BCUT2D eigenvalue weighted by Crippen LogP contribution is -2.25. The van der Waals surface area contributed by atoms with E-state index in [-0.39, 0.29) is 4.90 Å². The number of hydrogen-bond donors (Lipinski definition) is 1. The number of nitrogens with one attached hydrogen (secondary N) is 1. The molecule has 0 aromatic heterocycles. The third-order valence-corrected chi connectivity index (χ3v) is 5.29. The van der Waals surface area contributed by atoms with Gasteiger partial charge in [0.05, 0.1) is 4.90 Å². The molecule has 0 atom stereocenters. The van der Waals surface area contributed by atoms with Gasteiger partial charge in [-0.15, -0.1) is 0 Å². The van der Waals surface area contributed by atoms with Crippen molar-refractivity contribution >= 4 is 15.7 Å². The molecule has 2 aromatic rings. The lowest BCUT2D eigenvalue weighted by atomic mass is 10.1. The van der Waals surface area contributed by atoms with Crippen molar-refractivity contribution in [1.29, 1.82) is 0 Å². The topological polar surface area (TPSA) is 49.4 Å². The van der Waals surface area contributed by atoms with E-state index in [1.54, 1.807) is 6.92 Å². The minimum Gasteiger partial charge on any atom is -0.378 e. The van der Waals surface area contributed by atoms with Gasteiger partial charge in [-0.2, -0.15) is 0 Å². The van der Waals surface area contributed by atoms with E-state index in [9.17, 15) is 12.8 Å². The summed E-state index contributed by atoms with van der Waals surface area (Å²) in [5, 5.41) is 0. The van der Waals surface area contributed by atoms with Crippen molar-refractivity contribution in [2.45, 2.75) is 24.7 Å². The molecule has 24 heavy (non-hydrogen) atoms. The van der Waals surface area contributed by atoms with Crippen LogP contribution in [0.3, 0.4) is 0 Å². The normalized spacial score (nSPS) is 11.5. The standard InChI is InChI=1S/C18H23FN2O2S/c1-14-13-17(10-11-18(14)19)24(22,23)20-12-4-5-15-6-8-16(9-7-15)21(2)3/h6-11,13,20H,4-5,12H2,1-3H3. The molecule has 1 N–H and O–H groups in total. The molecule has 0 spiro atoms. The smallest absolute Gasteiger partial charge is 0.240 e. The molecule has 0 saturated heterocycles. The summed E-state index contributed by atoms with van der Waals surface area (Å²) in [6, 6.07) is 12.0. The van der Waals surface area contributed by atoms with Crippen LogP contribution in [0.5, 0.6) is 0 Å². The van der Waals surface area contributed by atoms with Crippen molar-refractivity contribution in [1.82, 2.24) is 4.72 Å². The van der Waals surface area contributed by atoms with Crippen molar-refractivity contribution in [3.63, 3.8) is 0 Å². The molecular weight excluding hydrogens is 327 g/mol. The SMILES string of the molecule is Cc1cc(S(=O)(=O)NCCCc2ccc(N(C)C)cc2)ccc1F. The number of sulfonamides is 1. The van der Waals surface area contributed by atoms with Crippen molar-refractivity contribution in [3.8, 4) is 0 Å². The lowest BCUT2D eigenvalue weighted by Gasteiger charge is -2.12. The van der Waals surface area contributed by atoms with Crippen molar-refractivity contribution < 1.29 is 12.8 Å². The van der Waals surface area contributed by atoms with E-state index in [4.69, 9.17) is 0 Å². The van der Waals surface area contributed by atoms with Gasteiger partial charge in [0.1, 0.15) is 5.82 Å². The van der Waals surface area contributed by atoms with E-state index in [0.717, 1.165) is 17.7 Å². The van der Waals surface area contributed by atoms with E-state index < -0.39 is 15.8 Å². The predicted molar refractivity (Wildman–Crippen MR) is 95.4 cm³/mol. The molecule has 0 radical (unpaired) electrons. The van der Waals surface area contributed by atoms with Gasteiger partial charge >= 0.3 is 0 Å². The van der Waals surface area contributed by atoms with E-state index >= 15 is 0 Å². The molecule has 0 fully saturated rings. The summed E-state index contributed by atoms with van der Waals surface area (Å²) in [7, 11) is 0.379. The average molecular weight is 350 g/mol. The molecule has 6 heteroatoms. The van der Waals surface area contributed by atoms with E-state index in [2.05, 4.69) is 4.72 Å². The minimum atomic E-state index is -3.60. The summed E-state index contributed by atoms with van der Waals surface area (Å²) >= 11 is 0. The maximum absolute atomic E-state index is 13.2. The van der Waals surface area contributed by atoms with Gasteiger partial charge in [0.15, 0.2) is 0 Å². The summed E-state index contributed by atoms with van der Waals surface area (Å²) in [6.45, 7) is 1.89. The molecule has 2 rings (SSSR count). The number of nitrogens with zero attached hydrogens (tertiary/aromatic N) is 1. The zero-order valence-corrected chi connectivity index (χ0v) is 15.0. The van der Waals surface area contributed by atoms with Crippen LogP contribution in [-0.4, -0.2) is 29.1 Å². The molecule has 0 unspecified atom stereocenters. The Labute approximate surface area is 143 Å². The number of rotatable bonds is 7. The molecule has 0 bridgehead atoms. The molecule has 0 amide bonds. The number of halogens is 1. The molecule has 0 aliphatic carbocycles. The molecule has 4 nitrogen and oxygen atoms in total. The summed E-state index contributed by atoms with van der Waals surface area (Å²) in [5.41, 5.74) is 2.61. The first-order chi connectivity index (χ1) is 11.3. The van der Waals surface area contributed by atoms with Crippen LogP contribution in [0.25, 0.3) is 0 Å². The molecule has 130 valence electrons. The Kier molecular flexibility index (Phi) is 5.96. The molecular formula is C18H23FN2O2S. The number of anilines is 1. The lowest BCUT2D eigenvalue weighted by molar-refractivity contribution is 0.577. The van der Waals surface area contributed by atoms with Crippen LogP contribution >= 0.6 is 0 Å². The largest absolute Gasteiger partial charge is 0.378 e. The van der Waals surface area contributed by atoms with E-state index in [1.807, 2.05) is 43.3 Å². The number of aryl methyl sites for hydroxylation is 2. The maximum Gasteiger partial charge on any atom is 0.240 e. The Balaban J connectivity index is 1.87. The molecule has 0 aliphatic rings. The third kappa shape index (κ3) is 4.79. The van der Waals surface area contributed by atoms with Crippen LogP contribution in [0, 0.1) is 12.7 Å². The Morgan fingerprint density at radius 2 is 1.75 bits per heavy atom. The van der Waals surface area contributed by atoms with Crippen LogP contribution in [0.2, 0.25) is 0 Å². The fourth-order valence-corrected chi connectivity index (χ4v) is 3.49. The van der Waals surface area contributed by atoms with Crippen LogP contribution < -0.4 is 9.62 Å². The highest BCUT2D eigenvalue weighted by atomic mass is 32.2. The highest BCUT2D eigenvalue weighted by Gasteiger charge is 2.14. The van der Waals surface area contributed by atoms with Crippen molar-refractivity contribution in [3.05, 3.63) is 59.4 Å². The monoisotopic (exact) mass is 350 g/mol. The fraction of sp³-hybridized carbons (Fsp3) is 0.333. The fourth-order valence-electron chi connectivity index (χ4n) is 2.33. The van der Waals surface area contributed by atoms with E-state index in [0.29, 0.717) is 18.5 Å². The number of benzene rings is 2. The first-order valence-electron chi connectivity index (χ1n) is 7.82. The van der Waals surface area contributed by atoms with Gasteiger partial charge in [-0.25, -0.2) is 17.5 Å². The minimum absolute atomic E-state index is 0.0942. The second-order valence-electron chi connectivity index (χ2n) is 5.97. The van der Waals surface area contributed by atoms with Gasteiger partial charge in [-0.3, -0.25) is 0 Å². The summed E-state index contributed by atoms with van der Waals surface area (Å²) < 4.78 is 40.2. The van der Waals surface area contributed by atoms with Crippen LogP contribution in [0.1, 0.15) is 17.5 Å². The second kappa shape index (κ2) is 7.77. The molecule has 0 saturated carbocycles. The average Bonchev–Trinajstić information content (AvgIpc) is 2.54. The van der Waals surface area contributed by atoms with Crippen molar-refractivity contribution in [2.75, 3.05) is 25.5 Å². The van der Waals surface area contributed by atoms with Crippen LogP contribution in [0.4, 0.5) is 10.1 Å². The predicted octanol–water partition coefficient (Wildman–Crippen LogP) is 3.11. The Morgan fingerprint density at radius 3 is 2.33 bits per heavy atom. The first kappa shape index (κ1) is 18.4. The first-order valence-corrected chi connectivity index (χ1v) is 9.30. The Hall–Kier alpha value is -1.92. The highest BCUT2D eigenvalue weighted by Crippen LogP contribution is 2.15. The zero-order valence-electron chi connectivity index (χ0n) is 14.2. The maximum atomic E-state index is 13.2. The third-order valence-electron chi connectivity index (χ3n) is 3.83.